The van der Waals surface area contributed by atoms with Gasteiger partial charge >= 0.3 is 15.0 Å². The molecule has 4 aromatic rings. The molecule has 0 aromatic carbocycles. The highest BCUT2D eigenvalue weighted by Gasteiger charge is 2.54. The molecule has 3 fully saturated rings. The van der Waals surface area contributed by atoms with Crippen LogP contribution in [-0.2, 0) is 43.9 Å². The third kappa shape index (κ3) is 5.08. The smallest absolute Gasteiger partial charge is 0.382 e. The molecule has 4 aromatic heterocycles. The Morgan fingerprint density at radius 2 is 1.77 bits per heavy atom. The minimum absolute atomic E-state index is 0.0250. The molecule has 23 heteroatoms. The number of imidazole rings is 2. The third-order valence-electron chi connectivity index (χ3n) is 7.51. The highest BCUT2D eigenvalue weighted by atomic mass is 32.5. The quantitative estimate of drug-likeness (QED) is 0.212. The first-order chi connectivity index (χ1) is 21.0. The van der Waals surface area contributed by atoms with Crippen molar-refractivity contribution in [1.82, 2.24) is 39.0 Å². The Bertz CT molecular complexity index is 1880. The highest BCUT2D eigenvalue weighted by molar-refractivity contribution is 8.07. The number of aromatic amines is 1. The molecule has 2 unspecified atom stereocenters. The van der Waals surface area contributed by atoms with Gasteiger partial charge in [-0.25, -0.2) is 24.3 Å². The van der Waals surface area contributed by atoms with Crippen molar-refractivity contribution in [1.29, 1.82) is 0 Å². The van der Waals surface area contributed by atoms with Crippen LogP contribution in [0.5, 0.6) is 0 Å². The molecule has 0 aliphatic carbocycles. The molecule has 3 aliphatic rings. The number of nitrogens with zero attached hydrogens (tertiary/aromatic N) is 7. The SMILES string of the molecule is C[C@@H]1[C@@H]2O[P+](=O)OC[C@H]3O[C@@H](n4cnc5c(N)ncnc54)[C@H](F)[C@@H]3OP(O)(=S)OC[C@H]2O[C@H]1n1cnc2c(=O)[nH]c(N)nc21. The van der Waals surface area contributed by atoms with Crippen molar-refractivity contribution in [3.8, 4) is 0 Å². The van der Waals surface area contributed by atoms with Gasteiger partial charge in [0.2, 0.25) is 5.95 Å². The molecule has 19 nitrogen and oxygen atoms in total. The summed E-state index contributed by atoms with van der Waals surface area (Å²) >= 11 is 5.22. The molecular weight excluding hydrogens is 649 g/mol. The number of ether oxygens (including phenoxy) is 2. The van der Waals surface area contributed by atoms with Crippen molar-refractivity contribution >= 4 is 60.9 Å². The van der Waals surface area contributed by atoms with Gasteiger partial charge in [0.15, 0.2) is 41.1 Å². The lowest BCUT2D eigenvalue weighted by atomic mass is 10.0. The topological polar surface area (TPSA) is 252 Å². The van der Waals surface area contributed by atoms with E-state index in [4.69, 9.17) is 50.8 Å². The first-order valence-corrected chi connectivity index (χ1v) is 16.7. The molecule has 3 aliphatic heterocycles. The molecule has 234 valence electrons. The highest BCUT2D eigenvalue weighted by Crippen LogP contribution is 2.52. The fourth-order valence-corrected chi connectivity index (χ4v) is 7.77. The summed E-state index contributed by atoms with van der Waals surface area (Å²) in [5, 5.41) is 0. The van der Waals surface area contributed by atoms with E-state index in [1.165, 1.54) is 28.1 Å². The summed E-state index contributed by atoms with van der Waals surface area (Å²) in [5.41, 5.74) is 11.6. The lowest BCUT2D eigenvalue weighted by Crippen LogP contribution is -2.35. The van der Waals surface area contributed by atoms with Gasteiger partial charge in [-0.05, 0) is 11.8 Å². The van der Waals surface area contributed by atoms with Crippen LogP contribution in [0, 0.1) is 5.92 Å². The van der Waals surface area contributed by atoms with Gasteiger partial charge in [0.1, 0.15) is 43.0 Å². The zero-order valence-electron chi connectivity index (χ0n) is 22.4. The van der Waals surface area contributed by atoms with E-state index >= 15 is 4.39 Å². The van der Waals surface area contributed by atoms with Crippen molar-refractivity contribution in [2.45, 2.75) is 50.0 Å². The summed E-state index contributed by atoms with van der Waals surface area (Å²) in [4.78, 5) is 46.0. The van der Waals surface area contributed by atoms with E-state index in [0.29, 0.717) is 0 Å². The van der Waals surface area contributed by atoms with Crippen LogP contribution < -0.4 is 17.0 Å². The van der Waals surface area contributed by atoms with Crippen LogP contribution >= 0.6 is 15.0 Å². The van der Waals surface area contributed by atoms with E-state index in [-0.39, 0.29) is 34.1 Å². The van der Waals surface area contributed by atoms with Gasteiger partial charge in [0, 0.05) is 10.5 Å². The molecule has 0 radical (unpaired) electrons. The lowest BCUT2D eigenvalue weighted by Gasteiger charge is -2.25. The molecule has 6 N–H and O–H groups in total. The monoisotopic (exact) mass is 673 g/mol. The minimum Gasteiger partial charge on any atom is -0.382 e. The number of fused-ring (bicyclic) bond motifs is 4. The second-order valence-corrected chi connectivity index (χ2v) is 13.9. The predicted octanol–water partition coefficient (Wildman–Crippen LogP) is 0.584. The van der Waals surface area contributed by atoms with Crippen LogP contribution in [-0.4, -0.2) is 87.7 Å². The van der Waals surface area contributed by atoms with E-state index in [1.54, 1.807) is 6.92 Å². The number of H-pyrrole nitrogens is 1. The van der Waals surface area contributed by atoms with Gasteiger partial charge in [-0.2, -0.15) is 4.98 Å². The van der Waals surface area contributed by atoms with E-state index in [9.17, 15) is 14.3 Å². The second-order valence-electron chi connectivity index (χ2n) is 10.2. The number of nitrogens with two attached hydrogens (primary N) is 2. The Morgan fingerprint density at radius 3 is 2.57 bits per heavy atom. The maximum atomic E-state index is 15.9. The Kier molecular flexibility index (Phi) is 7.44. The van der Waals surface area contributed by atoms with Gasteiger partial charge in [-0.15, -0.1) is 9.05 Å². The molecule has 0 amide bonds. The molecule has 0 bridgehead atoms. The van der Waals surface area contributed by atoms with Gasteiger partial charge in [0.25, 0.3) is 5.56 Å². The number of anilines is 2. The average Bonchev–Trinajstić information content (AvgIpc) is 3.72. The molecule has 7 heterocycles. The molecule has 0 spiro atoms. The summed E-state index contributed by atoms with van der Waals surface area (Å²) in [6, 6.07) is 0. The van der Waals surface area contributed by atoms with Crippen LogP contribution in [0.25, 0.3) is 22.3 Å². The number of nitrogen functional groups attached to an aromatic ring is 2. The zero-order chi connectivity index (χ0) is 30.9. The minimum atomic E-state index is -4.14. The summed E-state index contributed by atoms with van der Waals surface area (Å²) in [6.45, 7) is -3.27. The van der Waals surface area contributed by atoms with Crippen molar-refractivity contribution in [3.05, 3.63) is 29.3 Å². The number of aromatic nitrogens is 8. The summed E-state index contributed by atoms with van der Waals surface area (Å²) in [6.07, 6.45) is -4.94. The average molecular weight is 673 g/mol. The number of rotatable bonds is 2. The number of halogens is 1. The van der Waals surface area contributed by atoms with Crippen molar-refractivity contribution in [3.63, 3.8) is 0 Å². The van der Waals surface area contributed by atoms with Gasteiger partial charge in [-0.3, -0.25) is 23.4 Å². The fourth-order valence-electron chi connectivity index (χ4n) is 5.48. The Hall–Kier alpha value is -3.10. The van der Waals surface area contributed by atoms with E-state index in [0.717, 1.165) is 0 Å². The van der Waals surface area contributed by atoms with Gasteiger partial charge in [0.05, 0.1) is 19.3 Å². The summed E-state index contributed by atoms with van der Waals surface area (Å²) in [7, 11) is -2.81. The Morgan fingerprint density at radius 1 is 1.07 bits per heavy atom. The van der Waals surface area contributed by atoms with Gasteiger partial charge < -0.3 is 30.4 Å². The number of hydrogen-bond donors (Lipinski definition) is 4. The fraction of sp³-hybridized carbons (Fsp3) is 0.524. The second kappa shape index (κ2) is 11.1. The Balaban J connectivity index is 1.15. The van der Waals surface area contributed by atoms with E-state index < -0.39 is 82.7 Å². The Labute approximate surface area is 251 Å². The molecule has 44 heavy (non-hydrogen) atoms. The number of hydrogen-bond acceptors (Lipinski definition) is 16. The van der Waals surface area contributed by atoms with Gasteiger partial charge in [-0.1, -0.05) is 6.92 Å². The third-order valence-corrected chi connectivity index (χ3v) is 9.85. The molecule has 0 saturated carbocycles. The summed E-state index contributed by atoms with van der Waals surface area (Å²) < 4.78 is 66.2. The maximum Gasteiger partial charge on any atom is 0.697 e. The van der Waals surface area contributed by atoms with E-state index in [1.807, 2.05) is 0 Å². The molecule has 7 rings (SSSR count). The summed E-state index contributed by atoms with van der Waals surface area (Å²) in [5.74, 6) is -0.596. The van der Waals surface area contributed by atoms with Crippen molar-refractivity contribution < 1.29 is 41.4 Å². The van der Waals surface area contributed by atoms with E-state index in [2.05, 4.69) is 29.9 Å². The van der Waals surface area contributed by atoms with Crippen LogP contribution in [0.4, 0.5) is 16.2 Å². The standard InChI is InChI=1S/C21H23FN10O9P2S/c1-7-13-9(38-19(7)32-6-28-12-17(32)29-21(24)30-18(12)33)3-37-43(35,44)41-14-8(2-36-42(34)40-13)39-20(10(14)22)31-5-27-11-15(23)25-4-26-16(11)31/h4-10,13-14,19-20H,2-3H2,1H3,(H5-,23,24,25,26,29,30,33,35,44)/p+1/t7-,8-,9-,10-,13+,14-,19-,20-,43?/m1/s1. The molecule has 10 atom stereocenters. The van der Waals surface area contributed by atoms with Crippen molar-refractivity contribution in [2.24, 2.45) is 5.92 Å². The van der Waals surface area contributed by atoms with Crippen LogP contribution in [0.15, 0.2) is 23.8 Å². The maximum absolute atomic E-state index is 15.9. The molecule has 3 saturated heterocycles. The van der Waals surface area contributed by atoms with Crippen LogP contribution in [0.1, 0.15) is 19.4 Å². The largest absolute Gasteiger partial charge is 0.697 e. The molecular formula is C21H24FN10O9P2S+. The lowest BCUT2D eigenvalue weighted by molar-refractivity contribution is -0.0556. The zero-order valence-corrected chi connectivity index (χ0v) is 25.0. The van der Waals surface area contributed by atoms with Crippen molar-refractivity contribution in [2.75, 3.05) is 24.7 Å². The number of alkyl halides is 1. The first-order valence-electron chi connectivity index (χ1n) is 13.0. The number of nitrogens with one attached hydrogen (secondary N) is 1. The van der Waals surface area contributed by atoms with Crippen LogP contribution in [0.2, 0.25) is 0 Å². The predicted molar refractivity (Wildman–Crippen MR) is 150 cm³/mol. The normalized spacial score (nSPS) is 35.8. The first kappa shape index (κ1) is 29.6. The van der Waals surface area contributed by atoms with Crippen LogP contribution in [0.3, 0.4) is 0 Å².